The highest BCUT2D eigenvalue weighted by atomic mass is 16.5. The van der Waals surface area contributed by atoms with E-state index in [1.54, 1.807) is 6.07 Å². The van der Waals surface area contributed by atoms with Crippen LogP contribution in [0.3, 0.4) is 0 Å². The van der Waals surface area contributed by atoms with Gasteiger partial charge in [-0.3, -0.25) is 4.79 Å². The fourth-order valence-electron chi connectivity index (χ4n) is 3.86. The van der Waals surface area contributed by atoms with Crippen molar-refractivity contribution in [1.29, 1.82) is 0 Å². The largest absolute Gasteiger partial charge is 0.507 e. The molecule has 1 aliphatic rings. The monoisotopic (exact) mass is 396 g/mol. The van der Waals surface area contributed by atoms with Crippen molar-refractivity contribution in [1.82, 2.24) is 0 Å². The summed E-state index contributed by atoms with van der Waals surface area (Å²) in [4.78, 5) is 13.3. The molecule has 2 aromatic carbocycles. The first-order chi connectivity index (χ1) is 13.5. The van der Waals surface area contributed by atoms with Crippen LogP contribution in [0.1, 0.15) is 45.7 Å². The van der Waals surface area contributed by atoms with Crippen LogP contribution in [0.4, 0.5) is 0 Å². The van der Waals surface area contributed by atoms with E-state index in [0.717, 1.165) is 5.57 Å². The quantitative estimate of drug-likeness (QED) is 0.332. The van der Waals surface area contributed by atoms with Gasteiger partial charge in [-0.05, 0) is 33.3 Å². The van der Waals surface area contributed by atoms with Crippen LogP contribution in [-0.2, 0) is 11.8 Å². The van der Waals surface area contributed by atoms with Gasteiger partial charge in [0.05, 0.1) is 5.39 Å². The molecule has 0 saturated carbocycles. The summed E-state index contributed by atoms with van der Waals surface area (Å²) in [5.41, 5.74) is 1.03. The summed E-state index contributed by atoms with van der Waals surface area (Å²) in [6, 6.07) is 3.07. The molecular formula is C23H24O6. The Morgan fingerprint density at radius 3 is 2.48 bits per heavy atom. The molecule has 0 amide bonds. The molecule has 0 unspecified atom stereocenters. The van der Waals surface area contributed by atoms with Gasteiger partial charge in [-0.25, -0.2) is 0 Å². The van der Waals surface area contributed by atoms with Crippen molar-refractivity contribution in [2.75, 3.05) is 0 Å². The molecule has 1 aliphatic heterocycles. The number of phenols is 3. The topological polar surface area (TPSA) is 100 Å². The van der Waals surface area contributed by atoms with Crippen molar-refractivity contribution >= 4 is 21.9 Å². The number of aromatic hydroxyl groups is 3. The first kappa shape index (κ1) is 19.2. The Morgan fingerprint density at radius 1 is 1.14 bits per heavy atom. The Hall–Kier alpha value is -3.15. The lowest BCUT2D eigenvalue weighted by Crippen LogP contribution is -2.29. The molecule has 1 atom stereocenters. The number of hydrogen-bond acceptors (Lipinski definition) is 6. The van der Waals surface area contributed by atoms with Gasteiger partial charge >= 0.3 is 0 Å². The second-order valence-electron chi connectivity index (χ2n) is 8.48. The lowest BCUT2D eigenvalue weighted by atomic mass is 9.80. The summed E-state index contributed by atoms with van der Waals surface area (Å²) in [6.07, 6.45) is 2.04. The summed E-state index contributed by atoms with van der Waals surface area (Å²) >= 11 is 0. The van der Waals surface area contributed by atoms with E-state index >= 15 is 0 Å². The van der Waals surface area contributed by atoms with Crippen LogP contribution in [0.5, 0.6) is 23.0 Å². The maximum absolute atomic E-state index is 13.3. The van der Waals surface area contributed by atoms with E-state index in [1.165, 1.54) is 6.07 Å². The Balaban J connectivity index is 2.09. The zero-order chi connectivity index (χ0) is 21.2. The molecule has 3 aromatic rings. The van der Waals surface area contributed by atoms with E-state index in [4.69, 9.17) is 9.15 Å². The molecule has 0 radical (unpaired) electrons. The van der Waals surface area contributed by atoms with Crippen LogP contribution < -0.4 is 10.2 Å². The van der Waals surface area contributed by atoms with Gasteiger partial charge in [-0.2, -0.15) is 0 Å². The first-order valence-electron chi connectivity index (χ1n) is 9.54. The molecule has 0 fully saturated rings. The third kappa shape index (κ3) is 2.66. The summed E-state index contributed by atoms with van der Waals surface area (Å²) in [5.74, 6) is -0.540. The normalized spacial score (nSPS) is 17.3. The van der Waals surface area contributed by atoms with E-state index in [-0.39, 0.29) is 39.5 Å². The van der Waals surface area contributed by atoms with Crippen LogP contribution in [0.15, 0.2) is 33.0 Å². The predicted octanol–water partition coefficient (Wildman–Crippen LogP) is 4.63. The molecule has 2 heterocycles. The zero-order valence-electron chi connectivity index (χ0n) is 17.1. The highest BCUT2D eigenvalue weighted by molar-refractivity contribution is 5.98. The molecule has 29 heavy (non-hydrogen) atoms. The highest BCUT2D eigenvalue weighted by Crippen LogP contribution is 2.50. The summed E-state index contributed by atoms with van der Waals surface area (Å²) in [6.45, 7) is 9.62. The van der Waals surface area contributed by atoms with E-state index < -0.39 is 16.6 Å². The number of fused-ring (bicyclic) bond motifs is 3. The van der Waals surface area contributed by atoms with Crippen molar-refractivity contribution in [3.8, 4) is 23.0 Å². The lowest BCUT2D eigenvalue weighted by molar-refractivity contribution is 0.185. The molecule has 4 rings (SSSR count). The molecule has 0 spiro atoms. The molecule has 152 valence electrons. The standard InChI is InChI=1S/C23H24O6/c1-10(2)6-7-12-8-13-19(25)16-14(29-22(13)21(27)18(12)24)9-15-17(20(16)26)23(4,5)11(3)28-15/h6,8-9,11,24,26-27H,7H2,1-5H3/t11-/m1/s1. The minimum Gasteiger partial charge on any atom is -0.507 e. The van der Waals surface area contributed by atoms with E-state index in [2.05, 4.69) is 0 Å². The van der Waals surface area contributed by atoms with Crippen LogP contribution >= 0.6 is 0 Å². The van der Waals surface area contributed by atoms with Crippen molar-refractivity contribution in [2.45, 2.75) is 52.6 Å². The van der Waals surface area contributed by atoms with Crippen LogP contribution in [0.2, 0.25) is 0 Å². The zero-order valence-corrected chi connectivity index (χ0v) is 17.1. The second-order valence-corrected chi connectivity index (χ2v) is 8.48. The molecule has 0 aliphatic carbocycles. The van der Waals surface area contributed by atoms with Crippen molar-refractivity contribution < 1.29 is 24.5 Å². The number of phenolic OH excluding ortho intramolecular Hbond substituents is 3. The maximum Gasteiger partial charge on any atom is 0.204 e. The van der Waals surface area contributed by atoms with E-state index in [0.29, 0.717) is 23.3 Å². The smallest absolute Gasteiger partial charge is 0.204 e. The Morgan fingerprint density at radius 2 is 1.83 bits per heavy atom. The lowest BCUT2D eigenvalue weighted by Gasteiger charge is -2.22. The fourth-order valence-corrected chi connectivity index (χ4v) is 3.86. The first-order valence-corrected chi connectivity index (χ1v) is 9.54. The van der Waals surface area contributed by atoms with Gasteiger partial charge in [-0.1, -0.05) is 25.5 Å². The van der Waals surface area contributed by atoms with E-state index in [9.17, 15) is 20.1 Å². The minimum absolute atomic E-state index is 0.0419. The Labute approximate surface area is 167 Å². The number of hydrogen-bond donors (Lipinski definition) is 3. The second kappa shape index (κ2) is 6.17. The summed E-state index contributed by atoms with van der Waals surface area (Å²) in [7, 11) is 0. The third-order valence-corrected chi connectivity index (χ3v) is 5.91. The molecule has 3 N–H and O–H groups in total. The van der Waals surface area contributed by atoms with Crippen molar-refractivity contribution in [3.05, 3.63) is 45.1 Å². The maximum atomic E-state index is 13.3. The minimum atomic E-state index is -0.492. The van der Waals surface area contributed by atoms with E-state index in [1.807, 2.05) is 40.7 Å². The average molecular weight is 396 g/mol. The number of allylic oxidation sites excluding steroid dienone is 2. The SMILES string of the molecule is CC(C)=CCc1cc2c(=O)c3c(O)c4c(cc3oc2c(O)c1O)O[C@H](C)C4(C)C. The Bertz CT molecular complexity index is 1260. The van der Waals surface area contributed by atoms with Gasteiger partial charge < -0.3 is 24.5 Å². The Kier molecular flexibility index (Phi) is 4.08. The van der Waals surface area contributed by atoms with Gasteiger partial charge in [0.25, 0.3) is 0 Å². The number of ether oxygens (including phenoxy) is 1. The van der Waals surface area contributed by atoms with Gasteiger partial charge in [-0.15, -0.1) is 0 Å². The van der Waals surface area contributed by atoms with Crippen LogP contribution in [-0.4, -0.2) is 21.4 Å². The number of benzene rings is 2. The van der Waals surface area contributed by atoms with Crippen LogP contribution in [0.25, 0.3) is 21.9 Å². The summed E-state index contributed by atoms with van der Waals surface area (Å²) in [5, 5.41) is 32.0. The van der Waals surface area contributed by atoms with Gasteiger partial charge in [0.1, 0.15) is 28.6 Å². The molecule has 1 aromatic heterocycles. The molecule has 0 saturated heterocycles. The average Bonchev–Trinajstić information content (AvgIpc) is 2.86. The molecule has 6 heteroatoms. The van der Waals surface area contributed by atoms with Gasteiger partial charge in [0, 0.05) is 22.6 Å². The van der Waals surface area contributed by atoms with Crippen LogP contribution in [0, 0.1) is 0 Å². The predicted molar refractivity (Wildman–Crippen MR) is 111 cm³/mol. The van der Waals surface area contributed by atoms with Crippen molar-refractivity contribution in [3.63, 3.8) is 0 Å². The third-order valence-electron chi connectivity index (χ3n) is 5.91. The molecule has 6 nitrogen and oxygen atoms in total. The summed E-state index contributed by atoms with van der Waals surface area (Å²) < 4.78 is 11.6. The number of rotatable bonds is 2. The van der Waals surface area contributed by atoms with Gasteiger partial charge in [0.15, 0.2) is 11.3 Å². The van der Waals surface area contributed by atoms with Crippen molar-refractivity contribution in [2.24, 2.45) is 0 Å². The molecular weight excluding hydrogens is 372 g/mol. The molecule has 0 bridgehead atoms. The fraction of sp³-hybridized carbons (Fsp3) is 0.348. The highest BCUT2D eigenvalue weighted by Gasteiger charge is 2.42. The van der Waals surface area contributed by atoms with Gasteiger partial charge in [0.2, 0.25) is 11.2 Å².